The zero-order chi connectivity index (χ0) is 10.2. The highest BCUT2D eigenvalue weighted by atomic mass is 19.1. The average Bonchev–Trinajstić information content (AvgIpc) is 2.19. The molecule has 2 rings (SSSR count). The van der Waals surface area contributed by atoms with Crippen molar-refractivity contribution >= 4 is 0 Å². The predicted octanol–water partition coefficient (Wildman–Crippen LogP) is 2.44. The van der Waals surface area contributed by atoms with Crippen molar-refractivity contribution in [2.75, 3.05) is 6.61 Å². The molecule has 2 atom stereocenters. The number of benzene rings is 1. The normalized spacial score (nSPS) is 36.5. The molecule has 1 aliphatic rings. The monoisotopic (exact) mass is 194 g/mol. The molecule has 1 saturated carbocycles. The van der Waals surface area contributed by atoms with Crippen molar-refractivity contribution in [2.24, 2.45) is 0 Å². The summed E-state index contributed by atoms with van der Waals surface area (Å²) in [6, 6.07) is 9.48. The van der Waals surface area contributed by atoms with E-state index in [1.54, 1.807) is 6.92 Å². The molecule has 1 fully saturated rings. The molecular weight excluding hydrogens is 179 g/mol. The van der Waals surface area contributed by atoms with E-state index < -0.39 is 11.1 Å². The molecule has 14 heavy (non-hydrogen) atoms. The van der Waals surface area contributed by atoms with Crippen molar-refractivity contribution in [3.63, 3.8) is 0 Å². The number of halogens is 1. The molecule has 1 aromatic rings. The summed E-state index contributed by atoms with van der Waals surface area (Å²) in [7, 11) is 0. The Labute approximate surface area is 83.6 Å². The van der Waals surface area contributed by atoms with Crippen LogP contribution >= 0.6 is 0 Å². The maximum Gasteiger partial charge on any atom is 0.120 e. The fraction of sp³-hybridized carbons (Fsp3) is 0.500. The van der Waals surface area contributed by atoms with Crippen molar-refractivity contribution in [3.05, 3.63) is 35.9 Å². The summed E-state index contributed by atoms with van der Waals surface area (Å²) >= 11 is 0. The van der Waals surface area contributed by atoms with Gasteiger partial charge in [0.15, 0.2) is 0 Å². The maximum atomic E-state index is 14.1. The van der Waals surface area contributed by atoms with Crippen LogP contribution in [0, 0.1) is 0 Å². The van der Waals surface area contributed by atoms with Gasteiger partial charge >= 0.3 is 0 Å². The van der Waals surface area contributed by atoms with Crippen LogP contribution in [0.1, 0.15) is 25.3 Å². The molecule has 0 bridgehead atoms. The Bertz CT molecular complexity index is 316. The van der Waals surface area contributed by atoms with Crippen molar-refractivity contribution in [1.29, 1.82) is 0 Å². The van der Waals surface area contributed by atoms with Crippen LogP contribution in [-0.4, -0.2) is 17.4 Å². The molecule has 0 spiro atoms. The first kappa shape index (κ1) is 9.66. The summed E-state index contributed by atoms with van der Waals surface area (Å²) in [5.41, 5.74) is -1.00. The summed E-state index contributed by atoms with van der Waals surface area (Å²) in [5, 5.41) is 9.39. The van der Waals surface area contributed by atoms with E-state index in [1.807, 2.05) is 30.3 Å². The molecule has 2 heteroatoms. The van der Waals surface area contributed by atoms with Gasteiger partial charge in [-0.15, -0.1) is 0 Å². The third-order valence-corrected chi connectivity index (χ3v) is 3.62. The number of hydrogen-bond donors (Lipinski definition) is 1. The quantitative estimate of drug-likeness (QED) is 0.766. The Morgan fingerprint density at radius 1 is 1.29 bits per heavy atom. The van der Waals surface area contributed by atoms with E-state index in [0.717, 1.165) is 12.0 Å². The van der Waals surface area contributed by atoms with Crippen LogP contribution in [-0.2, 0) is 5.41 Å². The second kappa shape index (κ2) is 3.06. The van der Waals surface area contributed by atoms with Gasteiger partial charge in [-0.1, -0.05) is 30.3 Å². The Balaban J connectivity index is 2.40. The fourth-order valence-corrected chi connectivity index (χ4v) is 2.31. The van der Waals surface area contributed by atoms with Gasteiger partial charge < -0.3 is 5.11 Å². The number of aliphatic hydroxyl groups is 1. The summed E-state index contributed by atoms with van der Waals surface area (Å²) in [6.07, 6.45) is 1.28. The molecule has 0 aliphatic heterocycles. The smallest absolute Gasteiger partial charge is 0.120 e. The zero-order valence-corrected chi connectivity index (χ0v) is 8.33. The molecule has 0 saturated heterocycles. The number of rotatable bonds is 2. The van der Waals surface area contributed by atoms with Gasteiger partial charge in [-0.05, 0) is 25.3 Å². The Morgan fingerprint density at radius 2 is 1.93 bits per heavy atom. The van der Waals surface area contributed by atoms with E-state index in [9.17, 15) is 9.50 Å². The highest BCUT2D eigenvalue weighted by Crippen LogP contribution is 2.53. The lowest BCUT2D eigenvalue weighted by Crippen LogP contribution is -2.57. The summed E-state index contributed by atoms with van der Waals surface area (Å²) in [5.74, 6) is 0. The van der Waals surface area contributed by atoms with Gasteiger partial charge in [0.25, 0.3) is 0 Å². The van der Waals surface area contributed by atoms with Crippen LogP contribution in [0.25, 0.3) is 0 Å². The Morgan fingerprint density at radius 3 is 2.29 bits per heavy atom. The third-order valence-electron chi connectivity index (χ3n) is 3.62. The Hall–Kier alpha value is -0.890. The predicted molar refractivity (Wildman–Crippen MR) is 54.0 cm³/mol. The lowest BCUT2D eigenvalue weighted by molar-refractivity contribution is -0.0623. The molecule has 1 aliphatic carbocycles. The van der Waals surface area contributed by atoms with E-state index in [1.165, 1.54) is 0 Å². The fourth-order valence-electron chi connectivity index (χ4n) is 2.31. The minimum Gasteiger partial charge on any atom is -0.395 e. The number of alkyl halides is 1. The molecule has 76 valence electrons. The van der Waals surface area contributed by atoms with E-state index >= 15 is 0 Å². The van der Waals surface area contributed by atoms with E-state index in [4.69, 9.17) is 0 Å². The first-order valence-electron chi connectivity index (χ1n) is 4.98. The van der Waals surface area contributed by atoms with Crippen molar-refractivity contribution in [1.82, 2.24) is 0 Å². The second-order valence-corrected chi connectivity index (χ2v) is 4.30. The van der Waals surface area contributed by atoms with Crippen molar-refractivity contribution in [2.45, 2.75) is 30.8 Å². The number of aliphatic hydroxyl groups excluding tert-OH is 1. The molecule has 0 unspecified atom stereocenters. The molecule has 1 aromatic carbocycles. The minimum atomic E-state index is -1.26. The molecule has 1 N–H and O–H groups in total. The summed E-state index contributed by atoms with van der Waals surface area (Å²) in [4.78, 5) is 0. The first-order valence-corrected chi connectivity index (χ1v) is 4.98. The number of hydrogen-bond acceptors (Lipinski definition) is 1. The van der Waals surface area contributed by atoms with E-state index in [0.29, 0.717) is 6.42 Å². The van der Waals surface area contributed by atoms with Crippen LogP contribution in [0.2, 0.25) is 0 Å². The SMILES string of the molecule is C[C@]1(F)CC[C@]1(CO)c1ccccc1. The lowest BCUT2D eigenvalue weighted by atomic mass is 9.56. The van der Waals surface area contributed by atoms with Gasteiger partial charge in [0.1, 0.15) is 5.67 Å². The lowest BCUT2D eigenvalue weighted by Gasteiger charge is -2.52. The molecule has 0 amide bonds. The van der Waals surface area contributed by atoms with Crippen LogP contribution in [0.5, 0.6) is 0 Å². The van der Waals surface area contributed by atoms with Crippen LogP contribution in [0.3, 0.4) is 0 Å². The molecule has 1 nitrogen and oxygen atoms in total. The maximum absolute atomic E-state index is 14.1. The molecule has 0 heterocycles. The van der Waals surface area contributed by atoms with Crippen molar-refractivity contribution < 1.29 is 9.50 Å². The second-order valence-electron chi connectivity index (χ2n) is 4.30. The topological polar surface area (TPSA) is 20.2 Å². The third kappa shape index (κ3) is 1.10. The molecular formula is C12H15FO. The zero-order valence-electron chi connectivity index (χ0n) is 8.33. The van der Waals surface area contributed by atoms with Crippen LogP contribution in [0.15, 0.2) is 30.3 Å². The van der Waals surface area contributed by atoms with Crippen molar-refractivity contribution in [3.8, 4) is 0 Å². The molecule has 0 radical (unpaired) electrons. The summed E-state index contributed by atoms with van der Waals surface area (Å²) < 4.78 is 14.1. The highest BCUT2D eigenvalue weighted by molar-refractivity contribution is 5.33. The average molecular weight is 194 g/mol. The Kier molecular flexibility index (Phi) is 2.11. The van der Waals surface area contributed by atoms with Crippen LogP contribution < -0.4 is 0 Å². The van der Waals surface area contributed by atoms with Gasteiger partial charge in [0, 0.05) is 0 Å². The van der Waals surface area contributed by atoms with Gasteiger partial charge in [-0.3, -0.25) is 0 Å². The minimum absolute atomic E-state index is 0.107. The highest BCUT2D eigenvalue weighted by Gasteiger charge is 2.57. The summed E-state index contributed by atoms with van der Waals surface area (Å²) in [6.45, 7) is 1.48. The largest absolute Gasteiger partial charge is 0.395 e. The van der Waals surface area contributed by atoms with Gasteiger partial charge in [-0.2, -0.15) is 0 Å². The van der Waals surface area contributed by atoms with E-state index in [2.05, 4.69) is 0 Å². The van der Waals surface area contributed by atoms with E-state index in [-0.39, 0.29) is 6.61 Å². The van der Waals surface area contributed by atoms with Gasteiger partial charge in [0.2, 0.25) is 0 Å². The van der Waals surface area contributed by atoms with Crippen LogP contribution in [0.4, 0.5) is 4.39 Å². The molecule has 0 aromatic heterocycles. The van der Waals surface area contributed by atoms with Gasteiger partial charge in [0.05, 0.1) is 12.0 Å². The first-order chi connectivity index (χ1) is 6.62. The standard InChI is InChI=1S/C12H15FO/c1-11(13)7-8-12(11,9-14)10-5-3-2-4-6-10/h2-6,14H,7-9H2,1H3/t11-,12-/m0/s1. The van der Waals surface area contributed by atoms with Gasteiger partial charge in [-0.25, -0.2) is 4.39 Å².